The van der Waals surface area contributed by atoms with Gasteiger partial charge in [0.05, 0.1) is 5.56 Å². The number of carbonyl (C=O) groups excluding carboxylic acids is 2. The molecule has 0 aromatic heterocycles. The minimum atomic E-state index is -4.43. The van der Waals surface area contributed by atoms with Crippen LogP contribution < -0.4 is 10.2 Å². The van der Waals surface area contributed by atoms with Crippen molar-refractivity contribution in [2.45, 2.75) is 25.2 Å². The Morgan fingerprint density at radius 2 is 1.72 bits per heavy atom. The van der Waals surface area contributed by atoms with Crippen molar-refractivity contribution in [2.24, 2.45) is 0 Å². The summed E-state index contributed by atoms with van der Waals surface area (Å²) in [7, 11) is 3.84. The summed E-state index contributed by atoms with van der Waals surface area (Å²) in [5, 5.41) is 2.81. The highest BCUT2D eigenvalue weighted by Gasteiger charge is 2.35. The van der Waals surface area contributed by atoms with Gasteiger partial charge in [0.15, 0.2) is 0 Å². The smallest absolute Gasteiger partial charge is 0.326 e. The van der Waals surface area contributed by atoms with Crippen LogP contribution in [-0.2, 0) is 17.5 Å². The SMILES string of the molecule is CN(C)CCN(Cc1ccccc1)C(=O)NC1CCN(c2ccc(C(F)(F)F)cc2)C1=O. The van der Waals surface area contributed by atoms with E-state index in [9.17, 15) is 22.8 Å². The van der Waals surface area contributed by atoms with Crippen molar-refractivity contribution in [1.29, 1.82) is 0 Å². The van der Waals surface area contributed by atoms with E-state index in [0.29, 0.717) is 38.3 Å². The van der Waals surface area contributed by atoms with E-state index in [2.05, 4.69) is 5.32 Å². The number of halogens is 3. The van der Waals surface area contributed by atoms with Crippen LogP contribution in [0, 0.1) is 0 Å². The monoisotopic (exact) mass is 448 g/mol. The highest BCUT2D eigenvalue weighted by molar-refractivity contribution is 6.01. The molecule has 0 saturated carbocycles. The lowest BCUT2D eigenvalue weighted by Crippen LogP contribution is -2.49. The molecule has 3 amide bonds. The van der Waals surface area contributed by atoms with Gasteiger partial charge in [-0.2, -0.15) is 13.2 Å². The van der Waals surface area contributed by atoms with E-state index in [0.717, 1.165) is 17.7 Å². The molecule has 32 heavy (non-hydrogen) atoms. The van der Waals surface area contributed by atoms with Gasteiger partial charge in [-0.15, -0.1) is 0 Å². The molecule has 1 saturated heterocycles. The van der Waals surface area contributed by atoms with Crippen molar-refractivity contribution in [2.75, 3.05) is 38.6 Å². The van der Waals surface area contributed by atoms with Gasteiger partial charge in [-0.1, -0.05) is 30.3 Å². The summed E-state index contributed by atoms with van der Waals surface area (Å²) >= 11 is 0. The average molecular weight is 448 g/mol. The molecule has 0 aliphatic carbocycles. The zero-order chi connectivity index (χ0) is 23.3. The molecule has 2 aromatic carbocycles. The predicted molar refractivity (Wildman–Crippen MR) is 116 cm³/mol. The van der Waals surface area contributed by atoms with Crippen LogP contribution in [0.25, 0.3) is 0 Å². The van der Waals surface area contributed by atoms with Gasteiger partial charge in [0.1, 0.15) is 6.04 Å². The number of likely N-dealkylation sites (N-methyl/N-ethyl adjacent to an activating group) is 1. The van der Waals surface area contributed by atoms with Gasteiger partial charge in [0, 0.05) is 31.9 Å². The number of benzene rings is 2. The number of amides is 3. The summed E-state index contributed by atoms with van der Waals surface area (Å²) in [6, 6.07) is 13.0. The largest absolute Gasteiger partial charge is 0.416 e. The van der Waals surface area contributed by atoms with Crippen LogP contribution in [0.5, 0.6) is 0 Å². The predicted octanol–water partition coefficient (Wildman–Crippen LogP) is 3.58. The zero-order valence-corrected chi connectivity index (χ0v) is 18.1. The van der Waals surface area contributed by atoms with E-state index in [-0.39, 0.29) is 11.9 Å². The fraction of sp³-hybridized carbons (Fsp3) is 0.391. The van der Waals surface area contributed by atoms with Crippen LogP contribution in [0.1, 0.15) is 17.5 Å². The van der Waals surface area contributed by atoms with E-state index in [4.69, 9.17) is 0 Å². The van der Waals surface area contributed by atoms with Crippen molar-refractivity contribution in [3.63, 3.8) is 0 Å². The Hall–Kier alpha value is -3.07. The molecule has 1 aliphatic heterocycles. The first-order valence-corrected chi connectivity index (χ1v) is 10.4. The maximum Gasteiger partial charge on any atom is 0.416 e. The molecule has 3 rings (SSSR count). The molecule has 9 heteroatoms. The van der Waals surface area contributed by atoms with Crippen molar-refractivity contribution in [1.82, 2.24) is 15.1 Å². The zero-order valence-electron chi connectivity index (χ0n) is 18.1. The molecular weight excluding hydrogens is 421 g/mol. The van der Waals surface area contributed by atoms with Crippen LogP contribution in [0.3, 0.4) is 0 Å². The minimum Gasteiger partial charge on any atom is -0.326 e. The number of carbonyl (C=O) groups is 2. The molecule has 1 fully saturated rings. The third-order valence-corrected chi connectivity index (χ3v) is 5.33. The van der Waals surface area contributed by atoms with E-state index < -0.39 is 17.8 Å². The highest BCUT2D eigenvalue weighted by Crippen LogP contribution is 2.31. The third-order valence-electron chi connectivity index (χ3n) is 5.33. The summed E-state index contributed by atoms with van der Waals surface area (Å²) in [6.07, 6.45) is -4.04. The number of anilines is 1. The quantitative estimate of drug-likeness (QED) is 0.705. The second-order valence-corrected chi connectivity index (χ2v) is 8.04. The van der Waals surface area contributed by atoms with Crippen molar-refractivity contribution < 1.29 is 22.8 Å². The summed E-state index contributed by atoms with van der Waals surface area (Å²) in [5.41, 5.74) is 0.592. The first-order chi connectivity index (χ1) is 15.1. The van der Waals surface area contributed by atoms with Crippen molar-refractivity contribution >= 4 is 17.6 Å². The Bertz CT molecular complexity index is 917. The maximum absolute atomic E-state index is 13.0. The second kappa shape index (κ2) is 10.0. The van der Waals surface area contributed by atoms with Crippen LogP contribution in [0.15, 0.2) is 54.6 Å². The highest BCUT2D eigenvalue weighted by atomic mass is 19.4. The van der Waals surface area contributed by atoms with Crippen LogP contribution in [0.4, 0.5) is 23.7 Å². The fourth-order valence-corrected chi connectivity index (χ4v) is 3.52. The van der Waals surface area contributed by atoms with Gasteiger partial charge in [-0.05, 0) is 50.3 Å². The molecule has 172 valence electrons. The van der Waals surface area contributed by atoms with E-state index in [1.54, 1.807) is 4.90 Å². The maximum atomic E-state index is 13.0. The minimum absolute atomic E-state index is 0.325. The summed E-state index contributed by atoms with van der Waals surface area (Å²) < 4.78 is 38.4. The summed E-state index contributed by atoms with van der Waals surface area (Å²) in [5.74, 6) is -0.328. The average Bonchev–Trinajstić information content (AvgIpc) is 3.11. The molecule has 1 N–H and O–H groups in total. The lowest BCUT2D eigenvalue weighted by molar-refractivity contribution is -0.137. The Labute approximate surface area is 185 Å². The first-order valence-electron chi connectivity index (χ1n) is 10.4. The number of hydrogen-bond acceptors (Lipinski definition) is 3. The lowest BCUT2D eigenvalue weighted by atomic mass is 10.2. The number of alkyl halides is 3. The molecule has 2 aromatic rings. The van der Waals surface area contributed by atoms with E-state index in [1.807, 2.05) is 49.3 Å². The molecular formula is C23H27F3N4O2. The fourth-order valence-electron chi connectivity index (χ4n) is 3.52. The molecule has 1 aliphatic rings. The Morgan fingerprint density at radius 3 is 2.31 bits per heavy atom. The van der Waals surface area contributed by atoms with Gasteiger partial charge in [-0.3, -0.25) is 4.79 Å². The number of nitrogens with one attached hydrogen (secondary N) is 1. The van der Waals surface area contributed by atoms with Crippen molar-refractivity contribution in [3.05, 3.63) is 65.7 Å². The molecule has 6 nitrogen and oxygen atoms in total. The summed E-state index contributed by atoms with van der Waals surface area (Å²) in [4.78, 5) is 30.8. The standard InChI is InChI=1S/C23H27F3N4O2/c1-28(2)14-15-29(16-17-6-4-3-5-7-17)22(32)27-20-12-13-30(21(20)31)19-10-8-18(9-11-19)23(24,25)26/h3-11,20H,12-16H2,1-2H3,(H,27,32). The molecule has 0 bridgehead atoms. The van der Waals surface area contributed by atoms with Gasteiger partial charge in [0.2, 0.25) is 5.91 Å². The third kappa shape index (κ3) is 6.00. The van der Waals surface area contributed by atoms with Crippen LogP contribution >= 0.6 is 0 Å². The lowest BCUT2D eigenvalue weighted by Gasteiger charge is -2.26. The topological polar surface area (TPSA) is 55.9 Å². The first kappa shape index (κ1) is 23.6. The van der Waals surface area contributed by atoms with E-state index >= 15 is 0 Å². The Morgan fingerprint density at radius 1 is 1.06 bits per heavy atom. The van der Waals surface area contributed by atoms with E-state index in [1.165, 1.54) is 17.0 Å². The van der Waals surface area contributed by atoms with Gasteiger partial charge in [0.25, 0.3) is 0 Å². The van der Waals surface area contributed by atoms with Gasteiger partial charge < -0.3 is 20.0 Å². The Balaban J connectivity index is 1.65. The Kier molecular flexibility index (Phi) is 7.40. The van der Waals surface area contributed by atoms with Gasteiger partial charge in [-0.25, -0.2) is 4.79 Å². The number of urea groups is 1. The van der Waals surface area contributed by atoms with Crippen LogP contribution in [-0.4, -0.2) is 61.5 Å². The molecule has 1 unspecified atom stereocenters. The number of hydrogen-bond donors (Lipinski definition) is 1. The van der Waals surface area contributed by atoms with Crippen molar-refractivity contribution in [3.8, 4) is 0 Å². The molecule has 0 radical (unpaired) electrons. The van der Waals surface area contributed by atoms with Crippen LogP contribution in [0.2, 0.25) is 0 Å². The molecule has 1 heterocycles. The number of nitrogens with zero attached hydrogens (tertiary/aromatic N) is 3. The molecule has 0 spiro atoms. The second-order valence-electron chi connectivity index (χ2n) is 8.04. The molecule has 1 atom stereocenters. The summed E-state index contributed by atoms with van der Waals surface area (Å²) in [6.45, 7) is 1.88. The normalized spacial score (nSPS) is 16.5. The van der Waals surface area contributed by atoms with Gasteiger partial charge >= 0.3 is 12.2 Å². The number of rotatable bonds is 7.